The highest BCUT2D eigenvalue weighted by molar-refractivity contribution is 5.30. The quantitative estimate of drug-likeness (QED) is 0.587. The summed E-state index contributed by atoms with van der Waals surface area (Å²) < 4.78 is -0.173. The second-order valence-electron chi connectivity index (χ2n) is 6.61. The summed E-state index contributed by atoms with van der Waals surface area (Å²) in [7, 11) is 3.44. The van der Waals surface area contributed by atoms with Gasteiger partial charge in [-0.15, -0.1) is 0 Å². The molecule has 3 N–H and O–H groups in total. The average Bonchev–Trinajstić information content (AvgIpc) is 2.37. The highest BCUT2D eigenvalue weighted by atomic mass is 16.5. The number of phenolic OH excluding ortho intramolecular Hbond substituents is 1. The van der Waals surface area contributed by atoms with Crippen LogP contribution in [0.4, 0.5) is 0 Å². The summed E-state index contributed by atoms with van der Waals surface area (Å²) in [5.41, 5.74) is 0.223. The molecule has 0 radical (unpaired) electrons. The molecule has 1 aromatic carbocycles. The van der Waals surface area contributed by atoms with Gasteiger partial charge in [0.2, 0.25) is 0 Å². The largest absolute Gasteiger partial charge is 0.508 e. The van der Waals surface area contributed by atoms with Crippen molar-refractivity contribution < 1.29 is 20.1 Å². The minimum Gasteiger partial charge on any atom is -0.508 e. The summed E-state index contributed by atoms with van der Waals surface area (Å²) in [6, 6.07) is 6.99. The Bertz CT molecular complexity index is 430. The molecule has 0 bridgehead atoms. The van der Waals surface area contributed by atoms with E-state index >= 15 is 0 Å². The Morgan fingerprint density at radius 2 is 1.65 bits per heavy atom. The molecular formula is C16H26NO3+. The molecule has 0 aliphatic heterocycles. The summed E-state index contributed by atoms with van der Waals surface area (Å²) in [6.07, 6.45) is 4.78. The maximum absolute atomic E-state index is 11.0. The Kier molecular flexibility index (Phi) is 4.37. The van der Waals surface area contributed by atoms with Gasteiger partial charge in [0, 0.05) is 0 Å². The second kappa shape index (κ2) is 5.72. The zero-order chi connectivity index (χ0) is 14.8. The van der Waals surface area contributed by atoms with Crippen molar-refractivity contribution in [3.05, 3.63) is 29.8 Å². The van der Waals surface area contributed by atoms with Crippen molar-refractivity contribution in [2.24, 2.45) is 0 Å². The number of aliphatic hydroxyl groups is 1. The normalized spacial score (nSPS) is 20.6. The first kappa shape index (κ1) is 15.3. The predicted molar refractivity (Wildman–Crippen MR) is 77.6 cm³/mol. The maximum Gasteiger partial charge on any atom is 0.118 e. The van der Waals surface area contributed by atoms with E-state index in [-0.39, 0.29) is 16.3 Å². The predicted octanol–water partition coefficient (Wildman–Crippen LogP) is 2.64. The van der Waals surface area contributed by atoms with Gasteiger partial charge in [-0.2, -0.15) is 4.65 Å². The van der Waals surface area contributed by atoms with Gasteiger partial charge in [-0.1, -0.05) is 31.4 Å². The summed E-state index contributed by atoms with van der Waals surface area (Å²) in [5, 5.41) is 30.6. The number of rotatable bonds is 4. The monoisotopic (exact) mass is 280 g/mol. The Hall–Kier alpha value is -1.10. The topological polar surface area (TPSA) is 60.7 Å². The number of hydrogen-bond donors (Lipinski definition) is 3. The number of hydrogen-bond acceptors (Lipinski definition) is 3. The van der Waals surface area contributed by atoms with Crippen molar-refractivity contribution in [2.75, 3.05) is 20.6 Å². The summed E-state index contributed by atoms with van der Waals surface area (Å²) in [6.45, 7) is 0.460. The van der Waals surface area contributed by atoms with E-state index in [1.165, 1.54) is 6.42 Å². The summed E-state index contributed by atoms with van der Waals surface area (Å²) in [4.78, 5) is 0. The maximum atomic E-state index is 11.0. The summed E-state index contributed by atoms with van der Waals surface area (Å²) >= 11 is 0. The van der Waals surface area contributed by atoms with E-state index in [4.69, 9.17) is 0 Å². The first-order chi connectivity index (χ1) is 9.30. The molecule has 0 unspecified atom stereocenters. The van der Waals surface area contributed by atoms with Crippen LogP contribution in [0.15, 0.2) is 24.3 Å². The fourth-order valence-electron chi connectivity index (χ4n) is 3.25. The van der Waals surface area contributed by atoms with Crippen LogP contribution in [0.1, 0.15) is 43.6 Å². The van der Waals surface area contributed by atoms with Crippen molar-refractivity contribution in [2.45, 2.75) is 43.6 Å². The standard InChI is InChI=1S/C16H25NO3/c1-17(2,20)12-15(13-6-8-14(18)9-7-13)16(19)10-4-3-5-11-16/h6-9,15,19-20H,3-5,10-12H2,1-2H3/p+1/t15-/m1/s1. The van der Waals surface area contributed by atoms with Crippen molar-refractivity contribution in [1.29, 1.82) is 0 Å². The SMILES string of the molecule is C[N+](C)(O)C[C@H](c1ccc(O)cc1)C1(O)CCCCC1. The van der Waals surface area contributed by atoms with Crippen LogP contribution in [0.5, 0.6) is 5.75 Å². The second-order valence-corrected chi connectivity index (χ2v) is 6.61. The van der Waals surface area contributed by atoms with Gasteiger partial charge in [0.25, 0.3) is 0 Å². The average molecular weight is 280 g/mol. The van der Waals surface area contributed by atoms with Crippen LogP contribution in [0.2, 0.25) is 0 Å². The van der Waals surface area contributed by atoms with E-state index in [1.807, 2.05) is 12.1 Å². The van der Waals surface area contributed by atoms with Crippen LogP contribution < -0.4 is 0 Å². The molecule has 0 saturated heterocycles. The Balaban J connectivity index is 2.31. The van der Waals surface area contributed by atoms with E-state index in [2.05, 4.69) is 0 Å². The van der Waals surface area contributed by atoms with E-state index in [0.717, 1.165) is 31.2 Å². The molecule has 0 spiro atoms. The third-order valence-electron chi connectivity index (χ3n) is 4.29. The van der Waals surface area contributed by atoms with Gasteiger partial charge in [0.15, 0.2) is 0 Å². The lowest BCUT2D eigenvalue weighted by atomic mass is 9.72. The number of quaternary nitrogens is 1. The van der Waals surface area contributed by atoms with Crippen molar-refractivity contribution in [3.63, 3.8) is 0 Å². The number of aromatic hydroxyl groups is 1. The van der Waals surface area contributed by atoms with Crippen LogP contribution in [-0.2, 0) is 0 Å². The Morgan fingerprint density at radius 1 is 1.10 bits per heavy atom. The van der Waals surface area contributed by atoms with Crippen molar-refractivity contribution in [1.82, 2.24) is 0 Å². The van der Waals surface area contributed by atoms with Crippen LogP contribution in [-0.4, -0.2) is 46.3 Å². The molecule has 2 rings (SSSR count). The Labute approximate surface area is 120 Å². The van der Waals surface area contributed by atoms with E-state index in [1.54, 1.807) is 26.2 Å². The number of phenols is 1. The molecule has 1 fully saturated rings. The molecular weight excluding hydrogens is 254 g/mol. The first-order valence-electron chi connectivity index (χ1n) is 7.37. The number of likely N-dealkylation sites (N-methyl/N-ethyl adjacent to an activating group) is 1. The van der Waals surface area contributed by atoms with Gasteiger partial charge in [-0.25, -0.2) is 5.21 Å². The molecule has 0 heterocycles. The zero-order valence-corrected chi connectivity index (χ0v) is 12.4. The minimum absolute atomic E-state index is 0.122. The molecule has 1 atom stereocenters. The fraction of sp³-hybridized carbons (Fsp3) is 0.625. The van der Waals surface area contributed by atoms with Gasteiger partial charge in [0.1, 0.15) is 12.3 Å². The van der Waals surface area contributed by atoms with Gasteiger partial charge >= 0.3 is 0 Å². The van der Waals surface area contributed by atoms with Crippen molar-refractivity contribution >= 4 is 0 Å². The van der Waals surface area contributed by atoms with E-state index in [0.29, 0.717) is 6.54 Å². The molecule has 4 heteroatoms. The third kappa shape index (κ3) is 3.72. The highest BCUT2D eigenvalue weighted by Crippen LogP contribution is 2.41. The molecule has 4 nitrogen and oxygen atoms in total. The van der Waals surface area contributed by atoms with Gasteiger partial charge < -0.3 is 10.2 Å². The number of hydroxylamine groups is 3. The van der Waals surface area contributed by atoms with Crippen LogP contribution in [0.25, 0.3) is 0 Å². The lowest BCUT2D eigenvalue weighted by Gasteiger charge is -2.41. The lowest BCUT2D eigenvalue weighted by molar-refractivity contribution is -1.07. The molecule has 1 aliphatic carbocycles. The number of nitrogens with zero attached hydrogens (tertiary/aromatic N) is 1. The van der Waals surface area contributed by atoms with Crippen LogP contribution in [0, 0.1) is 0 Å². The third-order valence-corrected chi connectivity index (χ3v) is 4.29. The van der Waals surface area contributed by atoms with E-state index in [9.17, 15) is 15.4 Å². The molecule has 112 valence electrons. The smallest absolute Gasteiger partial charge is 0.118 e. The first-order valence-corrected chi connectivity index (χ1v) is 7.37. The van der Waals surface area contributed by atoms with Gasteiger partial charge in [0.05, 0.1) is 25.6 Å². The Morgan fingerprint density at radius 3 is 2.15 bits per heavy atom. The fourth-order valence-corrected chi connectivity index (χ4v) is 3.25. The molecule has 0 aromatic heterocycles. The molecule has 1 aliphatic rings. The zero-order valence-electron chi connectivity index (χ0n) is 12.4. The van der Waals surface area contributed by atoms with E-state index < -0.39 is 5.60 Å². The molecule has 1 saturated carbocycles. The van der Waals surface area contributed by atoms with Gasteiger partial charge in [-0.3, -0.25) is 0 Å². The summed E-state index contributed by atoms with van der Waals surface area (Å²) in [5.74, 6) is 0.101. The van der Waals surface area contributed by atoms with Crippen LogP contribution in [0.3, 0.4) is 0 Å². The van der Waals surface area contributed by atoms with Crippen molar-refractivity contribution in [3.8, 4) is 5.75 Å². The van der Waals surface area contributed by atoms with Crippen LogP contribution >= 0.6 is 0 Å². The van der Waals surface area contributed by atoms with Gasteiger partial charge in [-0.05, 0) is 30.5 Å². The minimum atomic E-state index is -0.756. The molecule has 0 amide bonds. The molecule has 1 aromatic rings. The lowest BCUT2D eigenvalue weighted by Crippen LogP contribution is -2.48. The number of benzene rings is 1. The molecule has 20 heavy (non-hydrogen) atoms. The highest BCUT2D eigenvalue weighted by Gasteiger charge is 2.42.